The van der Waals surface area contributed by atoms with Gasteiger partial charge in [0.05, 0.1) is 25.4 Å². The minimum Gasteiger partial charge on any atom is -0.394 e. The van der Waals surface area contributed by atoms with Crippen molar-refractivity contribution in [3.8, 4) is 0 Å². The molecule has 79 heavy (non-hydrogen) atoms. The quantitative estimate of drug-likeness (QED) is 0.0215. The summed E-state index contributed by atoms with van der Waals surface area (Å²) in [5, 5.41) is 76.4. The van der Waals surface area contributed by atoms with Crippen molar-refractivity contribution in [1.29, 1.82) is 0 Å². The highest BCUT2D eigenvalue weighted by atomic mass is 16.7. The number of rotatable bonds is 59. The van der Waals surface area contributed by atoms with Crippen molar-refractivity contribution in [3.05, 3.63) is 36.5 Å². The van der Waals surface area contributed by atoms with Gasteiger partial charge in [-0.05, 0) is 70.6 Å². The minimum absolute atomic E-state index is 0.251. The fourth-order valence-electron chi connectivity index (χ4n) is 10.9. The summed E-state index contributed by atoms with van der Waals surface area (Å²) in [6.07, 6.45) is 60.7. The molecule has 1 heterocycles. The van der Waals surface area contributed by atoms with Crippen LogP contribution in [0.1, 0.15) is 322 Å². The molecule has 9 unspecified atom stereocenters. The molecular formula is C68H129NO10. The third kappa shape index (κ3) is 44.5. The zero-order valence-electron chi connectivity index (χ0n) is 51.4. The van der Waals surface area contributed by atoms with E-state index < -0.39 is 74.2 Å². The Labute approximate surface area is 486 Å². The van der Waals surface area contributed by atoms with Crippen LogP contribution in [0.5, 0.6) is 0 Å². The second-order valence-corrected chi connectivity index (χ2v) is 23.9. The zero-order valence-corrected chi connectivity index (χ0v) is 51.4. The maximum absolute atomic E-state index is 13.2. The fraction of sp³-hybridized carbons (Fsp3) is 0.897. The Kier molecular flexibility index (Phi) is 54.2. The molecule has 466 valence electrons. The van der Waals surface area contributed by atoms with Crippen LogP contribution in [0.3, 0.4) is 0 Å². The molecule has 0 bridgehead atoms. The number of ether oxygens (including phenoxy) is 2. The van der Waals surface area contributed by atoms with Gasteiger partial charge in [0, 0.05) is 0 Å². The molecule has 1 rings (SSSR count). The summed E-state index contributed by atoms with van der Waals surface area (Å²) in [5.74, 6) is -0.705. The summed E-state index contributed by atoms with van der Waals surface area (Å²) in [4.78, 5) is 13.2. The molecule has 1 saturated heterocycles. The molecule has 11 heteroatoms. The molecule has 11 nitrogen and oxygen atoms in total. The first-order valence-corrected chi connectivity index (χ1v) is 33.9. The topological polar surface area (TPSA) is 189 Å². The van der Waals surface area contributed by atoms with Crippen LogP contribution in [0.25, 0.3) is 0 Å². The van der Waals surface area contributed by atoms with E-state index >= 15 is 0 Å². The van der Waals surface area contributed by atoms with Crippen molar-refractivity contribution in [2.75, 3.05) is 13.2 Å². The lowest BCUT2D eigenvalue weighted by Crippen LogP contribution is -2.60. The van der Waals surface area contributed by atoms with Crippen molar-refractivity contribution in [2.45, 2.75) is 377 Å². The summed E-state index contributed by atoms with van der Waals surface area (Å²) >= 11 is 0. The van der Waals surface area contributed by atoms with E-state index in [2.05, 4.69) is 55.6 Å². The van der Waals surface area contributed by atoms with Crippen molar-refractivity contribution >= 4 is 5.91 Å². The van der Waals surface area contributed by atoms with E-state index in [4.69, 9.17) is 9.47 Å². The number of carbonyl (C=O) groups excluding carboxylic acids is 1. The lowest BCUT2D eigenvalue weighted by molar-refractivity contribution is -0.303. The van der Waals surface area contributed by atoms with Crippen LogP contribution in [0.2, 0.25) is 0 Å². The molecular weight excluding hydrogens is 991 g/mol. The van der Waals surface area contributed by atoms with E-state index in [1.165, 1.54) is 231 Å². The van der Waals surface area contributed by atoms with Crippen molar-refractivity contribution in [2.24, 2.45) is 0 Å². The second kappa shape index (κ2) is 56.8. The number of aliphatic hydroxyl groups excluding tert-OH is 7. The van der Waals surface area contributed by atoms with E-state index in [9.17, 15) is 40.5 Å². The Hall–Kier alpha value is -1.67. The highest BCUT2D eigenvalue weighted by Gasteiger charge is 2.44. The Bertz CT molecular complexity index is 1380. The monoisotopic (exact) mass is 1120 g/mol. The highest BCUT2D eigenvalue weighted by Crippen LogP contribution is 2.24. The largest absolute Gasteiger partial charge is 0.394 e. The van der Waals surface area contributed by atoms with Gasteiger partial charge in [0.15, 0.2) is 6.29 Å². The molecule has 0 radical (unpaired) electrons. The Balaban J connectivity index is 2.25. The number of amides is 1. The zero-order chi connectivity index (χ0) is 57.5. The van der Waals surface area contributed by atoms with Gasteiger partial charge in [-0.3, -0.25) is 4.79 Å². The first kappa shape index (κ1) is 75.3. The first-order chi connectivity index (χ1) is 38.7. The normalized spacial score (nSPS) is 19.5. The number of allylic oxidation sites excluding steroid dienone is 6. The van der Waals surface area contributed by atoms with Gasteiger partial charge in [0.1, 0.15) is 36.6 Å². The van der Waals surface area contributed by atoms with Crippen LogP contribution in [0, 0.1) is 0 Å². The number of unbranched alkanes of at least 4 members (excludes halogenated alkanes) is 41. The summed E-state index contributed by atoms with van der Waals surface area (Å²) in [7, 11) is 0. The number of aliphatic hydroxyl groups is 7. The lowest BCUT2D eigenvalue weighted by Gasteiger charge is -2.40. The minimum atomic E-state index is -1.67. The van der Waals surface area contributed by atoms with Crippen LogP contribution >= 0.6 is 0 Å². The molecule has 1 aliphatic heterocycles. The van der Waals surface area contributed by atoms with Crippen LogP contribution < -0.4 is 5.32 Å². The van der Waals surface area contributed by atoms with Gasteiger partial charge in [0.2, 0.25) is 5.91 Å². The third-order valence-corrected chi connectivity index (χ3v) is 16.4. The Morgan fingerprint density at radius 1 is 0.443 bits per heavy atom. The average molecular weight is 1120 g/mol. The molecule has 0 aromatic rings. The molecule has 0 saturated carbocycles. The number of hydrogen-bond donors (Lipinski definition) is 8. The molecule has 0 aliphatic carbocycles. The molecule has 1 fully saturated rings. The lowest BCUT2D eigenvalue weighted by atomic mass is 9.98. The summed E-state index contributed by atoms with van der Waals surface area (Å²) in [5.41, 5.74) is 0. The van der Waals surface area contributed by atoms with Crippen LogP contribution in [0.15, 0.2) is 36.5 Å². The summed E-state index contributed by atoms with van der Waals surface area (Å²) in [6, 6.07) is -1.19. The van der Waals surface area contributed by atoms with E-state index in [-0.39, 0.29) is 12.8 Å². The molecule has 0 spiro atoms. The Morgan fingerprint density at radius 2 is 0.785 bits per heavy atom. The Morgan fingerprint density at radius 3 is 1.16 bits per heavy atom. The molecule has 1 aliphatic rings. The van der Waals surface area contributed by atoms with Crippen LogP contribution in [-0.2, 0) is 14.3 Å². The fourth-order valence-corrected chi connectivity index (χ4v) is 10.9. The second-order valence-electron chi connectivity index (χ2n) is 23.9. The molecule has 9 atom stereocenters. The summed E-state index contributed by atoms with van der Waals surface area (Å²) < 4.78 is 11.2. The van der Waals surface area contributed by atoms with Gasteiger partial charge in [0.25, 0.3) is 0 Å². The van der Waals surface area contributed by atoms with Crippen LogP contribution in [0.4, 0.5) is 0 Å². The molecule has 8 N–H and O–H groups in total. The smallest absolute Gasteiger partial charge is 0.249 e. The first-order valence-electron chi connectivity index (χ1n) is 33.9. The van der Waals surface area contributed by atoms with Crippen molar-refractivity contribution in [3.63, 3.8) is 0 Å². The predicted octanol–water partition coefficient (Wildman–Crippen LogP) is 15.8. The standard InChI is InChI=1S/C68H129NO10/c1-3-5-7-9-11-13-15-17-19-21-23-25-27-29-31-33-35-37-39-41-43-45-47-49-51-53-55-60(71)63(73)59(58-78-68-66(76)65(75)64(74)62(57-70)79-68)69-67(77)61(72)56-54-52-50-48-46-44-42-40-38-36-34-32-30-28-26-24-22-20-18-16-14-12-10-8-6-4-2/h24,26,30,32,47,49,59-66,68,70-76H,3-23,25,27-29,31,33-46,48,50-58H2,1-2H3,(H,69,77)/b26-24-,32-30-,49-47+. The summed E-state index contributed by atoms with van der Waals surface area (Å²) in [6.45, 7) is 3.49. The van der Waals surface area contributed by atoms with Gasteiger partial charge in [-0.15, -0.1) is 0 Å². The van der Waals surface area contributed by atoms with Gasteiger partial charge in [-0.2, -0.15) is 0 Å². The predicted molar refractivity (Wildman–Crippen MR) is 330 cm³/mol. The van der Waals surface area contributed by atoms with Gasteiger partial charge >= 0.3 is 0 Å². The number of nitrogens with one attached hydrogen (secondary N) is 1. The van der Waals surface area contributed by atoms with Gasteiger partial charge in [-0.25, -0.2) is 0 Å². The maximum Gasteiger partial charge on any atom is 0.249 e. The van der Waals surface area contributed by atoms with E-state index in [1.54, 1.807) is 0 Å². The van der Waals surface area contributed by atoms with Crippen LogP contribution in [-0.4, -0.2) is 110 Å². The molecule has 0 aromatic heterocycles. The highest BCUT2D eigenvalue weighted by molar-refractivity contribution is 5.80. The van der Waals surface area contributed by atoms with Gasteiger partial charge < -0.3 is 50.5 Å². The van der Waals surface area contributed by atoms with Crippen molar-refractivity contribution in [1.82, 2.24) is 5.32 Å². The maximum atomic E-state index is 13.2. The molecule has 1 amide bonds. The van der Waals surface area contributed by atoms with Gasteiger partial charge in [-0.1, -0.05) is 288 Å². The van der Waals surface area contributed by atoms with E-state index in [0.29, 0.717) is 12.8 Å². The number of carbonyl (C=O) groups is 1. The average Bonchev–Trinajstić information content (AvgIpc) is 3.46. The SMILES string of the molecule is CCCCCCCCCCC/C=C\C/C=C\CCCCCCCCCCCCC(O)C(=O)NC(COC1OC(CO)C(O)C(O)C1O)C(O)C(O)CCC/C=C/CCCCCCCCCCCCCCCCCCCCCCC. The van der Waals surface area contributed by atoms with Crippen molar-refractivity contribution < 1.29 is 50.0 Å². The van der Waals surface area contributed by atoms with E-state index in [1.807, 2.05) is 0 Å². The van der Waals surface area contributed by atoms with E-state index in [0.717, 1.165) is 51.4 Å². The third-order valence-electron chi connectivity index (χ3n) is 16.4. The number of hydrogen-bond acceptors (Lipinski definition) is 10. The molecule has 0 aromatic carbocycles.